The predicted octanol–water partition coefficient (Wildman–Crippen LogP) is 3.12. The van der Waals surface area contributed by atoms with Crippen molar-refractivity contribution in [3.63, 3.8) is 0 Å². The smallest absolute Gasteiger partial charge is 0.257 e. The molecular formula is C15H18N4OS. The molecule has 1 aromatic heterocycles. The highest BCUT2D eigenvalue weighted by Gasteiger charge is 2.27. The molecule has 2 aromatic rings. The number of benzene rings is 1. The summed E-state index contributed by atoms with van der Waals surface area (Å²) in [4.78, 5) is 14.3. The molecule has 5 nitrogen and oxygen atoms in total. The van der Waals surface area contributed by atoms with Gasteiger partial charge in [0.05, 0.1) is 0 Å². The minimum atomic E-state index is -0.140. The van der Waals surface area contributed by atoms with E-state index in [-0.39, 0.29) is 5.91 Å². The van der Waals surface area contributed by atoms with Gasteiger partial charge in [0, 0.05) is 30.8 Å². The van der Waals surface area contributed by atoms with E-state index in [0.29, 0.717) is 16.6 Å². The molecule has 3 rings (SSSR count). The van der Waals surface area contributed by atoms with Gasteiger partial charge in [-0.1, -0.05) is 11.3 Å². The summed E-state index contributed by atoms with van der Waals surface area (Å²) in [7, 11) is 2.02. The molecule has 1 amide bonds. The Morgan fingerprint density at radius 3 is 2.67 bits per heavy atom. The minimum absolute atomic E-state index is 0.140. The van der Waals surface area contributed by atoms with Crippen molar-refractivity contribution >= 4 is 28.1 Å². The lowest BCUT2D eigenvalue weighted by Gasteiger charge is -2.16. The molecule has 0 saturated heterocycles. The molecule has 6 heteroatoms. The second-order valence-corrected chi connectivity index (χ2v) is 6.24. The number of nitrogens with one attached hydrogen (secondary N) is 1. The number of aromatic nitrogens is 2. The maximum Gasteiger partial charge on any atom is 0.257 e. The third kappa shape index (κ3) is 3.21. The Morgan fingerprint density at radius 1 is 1.33 bits per heavy atom. The molecule has 0 aliphatic heterocycles. The SMILES string of the molecule is CCN(C)c1ccc(C(=O)Nc2nnc(C3CC3)s2)cc1. The van der Waals surface area contributed by atoms with E-state index in [2.05, 4.69) is 27.3 Å². The van der Waals surface area contributed by atoms with Gasteiger partial charge in [0.2, 0.25) is 5.13 Å². The summed E-state index contributed by atoms with van der Waals surface area (Å²) in [5.74, 6) is 0.427. The van der Waals surface area contributed by atoms with Crippen molar-refractivity contribution in [2.24, 2.45) is 0 Å². The highest BCUT2D eigenvalue weighted by atomic mass is 32.1. The molecule has 1 heterocycles. The van der Waals surface area contributed by atoms with Crippen molar-refractivity contribution in [3.8, 4) is 0 Å². The number of rotatable bonds is 5. The first-order chi connectivity index (χ1) is 10.2. The maximum atomic E-state index is 12.2. The molecular weight excluding hydrogens is 284 g/mol. The molecule has 1 N–H and O–H groups in total. The molecule has 110 valence electrons. The lowest BCUT2D eigenvalue weighted by atomic mass is 10.2. The summed E-state index contributed by atoms with van der Waals surface area (Å²) >= 11 is 1.48. The number of hydrogen-bond acceptors (Lipinski definition) is 5. The number of anilines is 2. The van der Waals surface area contributed by atoms with E-state index in [4.69, 9.17) is 0 Å². The molecule has 0 spiro atoms. The van der Waals surface area contributed by atoms with Gasteiger partial charge in [-0.3, -0.25) is 10.1 Å². The van der Waals surface area contributed by atoms with E-state index in [9.17, 15) is 4.79 Å². The predicted molar refractivity (Wildman–Crippen MR) is 85.2 cm³/mol. The van der Waals surface area contributed by atoms with Gasteiger partial charge in [0.1, 0.15) is 5.01 Å². The molecule has 1 aliphatic rings. The first-order valence-corrected chi connectivity index (χ1v) is 7.95. The van der Waals surface area contributed by atoms with Crippen LogP contribution in [0, 0.1) is 0 Å². The van der Waals surface area contributed by atoms with Gasteiger partial charge in [-0.25, -0.2) is 0 Å². The Kier molecular flexibility index (Phi) is 3.88. The number of hydrogen-bond donors (Lipinski definition) is 1. The number of nitrogens with zero attached hydrogens (tertiary/aromatic N) is 3. The van der Waals surface area contributed by atoms with Crippen LogP contribution in [0.2, 0.25) is 0 Å². The van der Waals surface area contributed by atoms with Crippen molar-refractivity contribution in [2.75, 3.05) is 23.8 Å². The zero-order valence-corrected chi connectivity index (χ0v) is 13.0. The Hall–Kier alpha value is -1.95. The monoisotopic (exact) mass is 302 g/mol. The number of carbonyl (C=O) groups is 1. The Morgan fingerprint density at radius 2 is 2.05 bits per heavy atom. The largest absolute Gasteiger partial charge is 0.375 e. The standard InChI is InChI=1S/C15H18N4OS/c1-3-19(2)12-8-6-10(7-9-12)13(20)16-15-18-17-14(21-15)11-4-5-11/h6-9,11H,3-5H2,1-2H3,(H,16,18,20). The molecule has 1 fully saturated rings. The van der Waals surface area contributed by atoms with Gasteiger partial charge >= 0.3 is 0 Å². The van der Waals surface area contributed by atoms with Crippen LogP contribution in [0.15, 0.2) is 24.3 Å². The average molecular weight is 302 g/mol. The van der Waals surface area contributed by atoms with Gasteiger partial charge in [-0.15, -0.1) is 10.2 Å². The second-order valence-electron chi connectivity index (χ2n) is 5.23. The molecule has 0 unspecified atom stereocenters. The van der Waals surface area contributed by atoms with Gasteiger partial charge in [0.25, 0.3) is 5.91 Å². The fourth-order valence-electron chi connectivity index (χ4n) is 2.00. The quantitative estimate of drug-likeness (QED) is 0.922. The van der Waals surface area contributed by atoms with Crippen LogP contribution in [-0.2, 0) is 0 Å². The summed E-state index contributed by atoms with van der Waals surface area (Å²) < 4.78 is 0. The summed E-state index contributed by atoms with van der Waals surface area (Å²) in [5, 5.41) is 12.6. The Balaban J connectivity index is 1.66. The van der Waals surface area contributed by atoms with Gasteiger partial charge in [-0.05, 0) is 44.0 Å². The number of carbonyl (C=O) groups excluding carboxylic acids is 1. The first kappa shape index (κ1) is 14.0. The summed E-state index contributed by atoms with van der Waals surface area (Å²) in [5.41, 5.74) is 1.73. The third-order valence-corrected chi connectivity index (χ3v) is 4.63. The van der Waals surface area contributed by atoms with Gasteiger partial charge < -0.3 is 4.90 Å². The van der Waals surface area contributed by atoms with E-state index in [1.165, 1.54) is 24.2 Å². The summed E-state index contributed by atoms with van der Waals surface area (Å²) in [6.45, 7) is 3.02. The topological polar surface area (TPSA) is 58.1 Å². The molecule has 1 aliphatic carbocycles. The zero-order valence-electron chi connectivity index (χ0n) is 12.2. The van der Waals surface area contributed by atoms with E-state index in [1.54, 1.807) is 0 Å². The lowest BCUT2D eigenvalue weighted by molar-refractivity contribution is 0.102. The minimum Gasteiger partial charge on any atom is -0.375 e. The summed E-state index contributed by atoms with van der Waals surface area (Å²) in [6.07, 6.45) is 2.38. The van der Waals surface area contributed by atoms with Crippen LogP contribution in [0.1, 0.15) is 41.0 Å². The zero-order chi connectivity index (χ0) is 14.8. The fraction of sp³-hybridized carbons (Fsp3) is 0.400. The lowest BCUT2D eigenvalue weighted by Crippen LogP contribution is -2.16. The van der Waals surface area contributed by atoms with Crippen LogP contribution in [0.25, 0.3) is 0 Å². The molecule has 0 atom stereocenters. The van der Waals surface area contributed by atoms with Crippen LogP contribution in [0.5, 0.6) is 0 Å². The van der Waals surface area contributed by atoms with E-state index < -0.39 is 0 Å². The molecule has 21 heavy (non-hydrogen) atoms. The Bertz CT molecular complexity index is 633. The second kappa shape index (κ2) is 5.81. The van der Waals surface area contributed by atoms with Gasteiger partial charge in [-0.2, -0.15) is 0 Å². The highest BCUT2D eigenvalue weighted by Crippen LogP contribution is 2.42. The van der Waals surface area contributed by atoms with Crippen molar-refractivity contribution in [2.45, 2.75) is 25.7 Å². The van der Waals surface area contributed by atoms with Crippen molar-refractivity contribution < 1.29 is 4.79 Å². The van der Waals surface area contributed by atoms with Crippen LogP contribution in [0.4, 0.5) is 10.8 Å². The molecule has 0 radical (unpaired) electrons. The van der Waals surface area contributed by atoms with E-state index in [0.717, 1.165) is 17.2 Å². The van der Waals surface area contributed by atoms with Crippen molar-refractivity contribution in [1.82, 2.24) is 10.2 Å². The van der Waals surface area contributed by atoms with Crippen LogP contribution in [-0.4, -0.2) is 29.7 Å². The van der Waals surface area contributed by atoms with Crippen molar-refractivity contribution in [1.29, 1.82) is 0 Å². The highest BCUT2D eigenvalue weighted by molar-refractivity contribution is 7.15. The van der Waals surface area contributed by atoms with E-state index >= 15 is 0 Å². The summed E-state index contributed by atoms with van der Waals surface area (Å²) in [6, 6.07) is 7.57. The molecule has 1 aromatic carbocycles. The van der Waals surface area contributed by atoms with Gasteiger partial charge in [0.15, 0.2) is 0 Å². The van der Waals surface area contributed by atoms with Crippen molar-refractivity contribution in [3.05, 3.63) is 34.8 Å². The number of amides is 1. The fourth-order valence-corrected chi connectivity index (χ4v) is 2.91. The van der Waals surface area contributed by atoms with E-state index in [1.807, 2.05) is 31.3 Å². The normalized spacial score (nSPS) is 14.0. The van der Waals surface area contributed by atoms with Crippen LogP contribution < -0.4 is 10.2 Å². The van der Waals surface area contributed by atoms with Crippen LogP contribution >= 0.6 is 11.3 Å². The molecule has 1 saturated carbocycles. The average Bonchev–Trinajstić information content (AvgIpc) is 3.27. The third-order valence-electron chi connectivity index (χ3n) is 3.63. The molecule has 0 bridgehead atoms. The Labute approximate surface area is 128 Å². The maximum absolute atomic E-state index is 12.2. The first-order valence-electron chi connectivity index (χ1n) is 7.13. The van der Waals surface area contributed by atoms with Crippen LogP contribution in [0.3, 0.4) is 0 Å².